The molecule has 2 nitrogen and oxygen atoms in total. The second kappa shape index (κ2) is 4.14. The molecule has 2 aliphatic rings. The van der Waals surface area contributed by atoms with E-state index in [-0.39, 0.29) is 11.7 Å². The molecule has 2 aliphatic carbocycles. The van der Waals surface area contributed by atoms with Crippen LogP contribution < -0.4 is 0 Å². The van der Waals surface area contributed by atoms with Gasteiger partial charge in [-0.2, -0.15) is 5.26 Å². The Morgan fingerprint density at radius 3 is 2.76 bits per heavy atom. The molecule has 0 aromatic carbocycles. The van der Waals surface area contributed by atoms with Crippen LogP contribution in [0.4, 0.5) is 0 Å². The number of carbonyl (C=O) groups excluding carboxylic acids is 1. The van der Waals surface area contributed by atoms with Gasteiger partial charge in [0.05, 0.1) is 6.07 Å². The normalized spacial score (nSPS) is 32.6. The number of nitriles is 1. The van der Waals surface area contributed by atoms with Gasteiger partial charge in [0, 0.05) is 12.0 Å². The minimum atomic E-state index is -0.646. The Hall–Kier alpha value is -1.36. The molecule has 0 aromatic heterocycles. The maximum atomic E-state index is 12.1. The second-order valence-electron chi connectivity index (χ2n) is 5.53. The molecule has 17 heavy (non-hydrogen) atoms. The zero-order chi connectivity index (χ0) is 12.6. The smallest absolute Gasteiger partial charge is 0.160 e. The molecular weight excluding hydrogens is 210 g/mol. The Bertz CT molecular complexity index is 450. The van der Waals surface area contributed by atoms with E-state index >= 15 is 0 Å². The number of fused-ring (bicyclic) bond motifs is 1. The van der Waals surface area contributed by atoms with Crippen LogP contribution in [0.5, 0.6) is 0 Å². The third-order valence-corrected chi connectivity index (χ3v) is 4.18. The molecule has 0 spiro atoms. The van der Waals surface area contributed by atoms with Crippen LogP contribution >= 0.6 is 0 Å². The second-order valence-corrected chi connectivity index (χ2v) is 5.53. The summed E-state index contributed by atoms with van der Waals surface area (Å²) in [7, 11) is 0. The Balaban J connectivity index is 2.55. The van der Waals surface area contributed by atoms with Crippen LogP contribution in [0, 0.1) is 28.6 Å². The number of ketones is 1. The quantitative estimate of drug-likeness (QED) is 0.646. The van der Waals surface area contributed by atoms with Crippen molar-refractivity contribution in [3.05, 3.63) is 23.3 Å². The molecule has 2 atom stereocenters. The molecule has 0 amide bonds. The average Bonchev–Trinajstić information content (AvgIpc) is 2.52. The number of carbonyl (C=O) groups is 1. The van der Waals surface area contributed by atoms with E-state index in [9.17, 15) is 10.1 Å². The molecule has 0 aliphatic heterocycles. The van der Waals surface area contributed by atoms with E-state index in [1.807, 2.05) is 6.08 Å². The van der Waals surface area contributed by atoms with Crippen molar-refractivity contribution in [2.45, 2.75) is 40.0 Å². The van der Waals surface area contributed by atoms with Gasteiger partial charge < -0.3 is 0 Å². The topological polar surface area (TPSA) is 40.9 Å². The number of hydrogen-bond donors (Lipinski definition) is 0. The molecule has 2 heteroatoms. The average molecular weight is 229 g/mol. The summed E-state index contributed by atoms with van der Waals surface area (Å²) in [6.45, 7) is 6.34. The van der Waals surface area contributed by atoms with Gasteiger partial charge in [-0.1, -0.05) is 38.5 Å². The summed E-state index contributed by atoms with van der Waals surface area (Å²) in [5.74, 6) is 0.807. The van der Waals surface area contributed by atoms with Crippen molar-refractivity contribution in [2.24, 2.45) is 17.3 Å². The summed E-state index contributed by atoms with van der Waals surface area (Å²) in [6.07, 6.45) is 6.29. The summed E-state index contributed by atoms with van der Waals surface area (Å²) in [6, 6.07) is 2.42. The first-order valence-corrected chi connectivity index (χ1v) is 6.38. The highest BCUT2D eigenvalue weighted by molar-refractivity contribution is 5.99. The van der Waals surface area contributed by atoms with Crippen molar-refractivity contribution in [3.8, 4) is 6.07 Å². The highest BCUT2D eigenvalue weighted by atomic mass is 16.1. The van der Waals surface area contributed by atoms with Crippen LogP contribution in [0.25, 0.3) is 0 Å². The standard InChI is InChI=1S/C15H19NO/c1-10(2)12-5-7-14(17)13-6-4-11(3)15(13,8-12)9-16/h6,8,10-11H,4-5,7H2,1-3H3/t11-,15-/m1/s1. The minimum absolute atomic E-state index is 0.169. The molecule has 0 saturated carbocycles. The van der Waals surface area contributed by atoms with Gasteiger partial charge in [-0.05, 0) is 24.7 Å². The predicted molar refractivity (Wildman–Crippen MR) is 67.1 cm³/mol. The first-order chi connectivity index (χ1) is 8.01. The van der Waals surface area contributed by atoms with Crippen molar-refractivity contribution >= 4 is 5.78 Å². The van der Waals surface area contributed by atoms with Crippen LogP contribution in [0.3, 0.4) is 0 Å². The van der Waals surface area contributed by atoms with Crippen molar-refractivity contribution in [1.29, 1.82) is 5.26 Å². The van der Waals surface area contributed by atoms with Crippen molar-refractivity contribution in [1.82, 2.24) is 0 Å². The highest BCUT2D eigenvalue weighted by Crippen LogP contribution is 2.48. The molecule has 0 aromatic rings. The molecule has 0 radical (unpaired) electrons. The van der Waals surface area contributed by atoms with Gasteiger partial charge in [0.1, 0.15) is 5.41 Å². The van der Waals surface area contributed by atoms with Crippen LogP contribution in [0.15, 0.2) is 23.3 Å². The number of allylic oxidation sites excluding steroid dienone is 4. The molecule has 0 unspecified atom stereocenters. The fourth-order valence-corrected chi connectivity index (χ4v) is 2.89. The summed E-state index contributed by atoms with van der Waals surface area (Å²) >= 11 is 0. The molecule has 0 heterocycles. The summed E-state index contributed by atoms with van der Waals surface area (Å²) in [5, 5.41) is 9.58. The Morgan fingerprint density at radius 1 is 1.47 bits per heavy atom. The molecule has 0 fully saturated rings. The van der Waals surface area contributed by atoms with Gasteiger partial charge in [-0.3, -0.25) is 4.79 Å². The summed E-state index contributed by atoms with van der Waals surface area (Å²) in [4.78, 5) is 12.1. The van der Waals surface area contributed by atoms with E-state index in [4.69, 9.17) is 0 Å². The zero-order valence-electron chi connectivity index (χ0n) is 10.8. The van der Waals surface area contributed by atoms with Crippen LogP contribution in [0.2, 0.25) is 0 Å². The SMILES string of the molecule is CC(C)C1=C[C@]2(C#N)C(=CC[C@H]2C)C(=O)CC1. The molecular formula is C15H19NO. The largest absolute Gasteiger partial charge is 0.294 e. The van der Waals surface area contributed by atoms with Crippen LogP contribution in [0.1, 0.15) is 40.0 Å². The van der Waals surface area contributed by atoms with E-state index in [2.05, 4.69) is 32.9 Å². The number of nitrogens with zero attached hydrogens (tertiary/aromatic N) is 1. The predicted octanol–water partition coefficient (Wildman–Crippen LogP) is 3.41. The fraction of sp³-hybridized carbons (Fsp3) is 0.600. The zero-order valence-corrected chi connectivity index (χ0v) is 10.8. The van der Waals surface area contributed by atoms with E-state index in [0.29, 0.717) is 12.3 Å². The Kier molecular flexibility index (Phi) is 2.95. The third-order valence-electron chi connectivity index (χ3n) is 4.18. The lowest BCUT2D eigenvalue weighted by Crippen LogP contribution is -2.26. The first-order valence-electron chi connectivity index (χ1n) is 6.38. The monoisotopic (exact) mass is 229 g/mol. The number of hydrogen-bond acceptors (Lipinski definition) is 2. The van der Waals surface area contributed by atoms with Crippen molar-refractivity contribution in [2.75, 3.05) is 0 Å². The lowest BCUT2D eigenvalue weighted by atomic mass is 9.73. The minimum Gasteiger partial charge on any atom is -0.294 e. The van der Waals surface area contributed by atoms with Gasteiger partial charge in [-0.15, -0.1) is 0 Å². The van der Waals surface area contributed by atoms with E-state index in [1.165, 1.54) is 5.57 Å². The van der Waals surface area contributed by atoms with Gasteiger partial charge in [0.15, 0.2) is 5.78 Å². The van der Waals surface area contributed by atoms with Crippen LogP contribution in [-0.4, -0.2) is 5.78 Å². The van der Waals surface area contributed by atoms with Crippen molar-refractivity contribution in [3.63, 3.8) is 0 Å². The third kappa shape index (κ3) is 1.74. The maximum absolute atomic E-state index is 12.1. The maximum Gasteiger partial charge on any atom is 0.160 e. The van der Waals surface area contributed by atoms with Gasteiger partial charge >= 0.3 is 0 Å². The fourth-order valence-electron chi connectivity index (χ4n) is 2.89. The summed E-state index contributed by atoms with van der Waals surface area (Å²) in [5.41, 5.74) is 1.37. The molecule has 0 saturated heterocycles. The van der Waals surface area contributed by atoms with E-state index in [1.54, 1.807) is 0 Å². The van der Waals surface area contributed by atoms with E-state index < -0.39 is 5.41 Å². The molecule has 0 N–H and O–H groups in total. The van der Waals surface area contributed by atoms with Crippen LogP contribution in [-0.2, 0) is 4.79 Å². The van der Waals surface area contributed by atoms with Gasteiger partial charge in [-0.25, -0.2) is 0 Å². The molecule has 90 valence electrons. The summed E-state index contributed by atoms with van der Waals surface area (Å²) < 4.78 is 0. The molecule has 2 rings (SSSR count). The number of Topliss-reactive ketones (excluding diaryl/α,β-unsaturated/α-hetero) is 1. The van der Waals surface area contributed by atoms with Crippen molar-refractivity contribution < 1.29 is 4.79 Å². The Labute approximate surface area is 103 Å². The Morgan fingerprint density at radius 2 is 2.18 bits per heavy atom. The van der Waals surface area contributed by atoms with E-state index in [0.717, 1.165) is 18.4 Å². The van der Waals surface area contributed by atoms with Gasteiger partial charge in [0.2, 0.25) is 0 Å². The highest BCUT2D eigenvalue weighted by Gasteiger charge is 2.46. The van der Waals surface area contributed by atoms with Gasteiger partial charge in [0.25, 0.3) is 0 Å². The molecule has 0 bridgehead atoms. The lowest BCUT2D eigenvalue weighted by Gasteiger charge is -2.25. The lowest BCUT2D eigenvalue weighted by molar-refractivity contribution is -0.116. The number of rotatable bonds is 1. The first kappa shape index (κ1) is 12.1.